The Morgan fingerprint density at radius 3 is 2.56 bits per heavy atom. The van der Waals surface area contributed by atoms with E-state index in [-0.39, 0.29) is 0 Å². The van der Waals surface area contributed by atoms with Gasteiger partial charge in [0.15, 0.2) is 16.7 Å². The highest BCUT2D eigenvalue weighted by Crippen LogP contribution is 2.41. The summed E-state index contributed by atoms with van der Waals surface area (Å²) in [5, 5.41) is 25.4. The summed E-state index contributed by atoms with van der Waals surface area (Å²) >= 11 is 8.12. The van der Waals surface area contributed by atoms with E-state index in [0.29, 0.717) is 40.9 Å². The summed E-state index contributed by atoms with van der Waals surface area (Å²) in [5.74, 6) is 1.21. The maximum atomic E-state index is 9.89. The molecule has 3 aromatic carbocycles. The van der Waals surface area contributed by atoms with Gasteiger partial charge >= 0.3 is 0 Å². The molecule has 0 bridgehead atoms. The molecule has 0 fully saturated rings. The molecule has 0 spiro atoms. The predicted octanol–water partition coefficient (Wildman–Crippen LogP) is 6.22. The van der Waals surface area contributed by atoms with Crippen molar-refractivity contribution in [3.63, 3.8) is 0 Å². The summed E-state index contributed by atoms with van der Waals surface area (Å²) in [5.41, 5.74) is 2.53. The Balaban J connectivity index is 1.33. The summed E-state index contributed by atoms with van der Waals surface area (Å²) in [4.78, 5) is 11.4. The van der Waals surface area contributed by atoms with Gasteiger partial charge in [-0.25, -0.2) is 4.98 Å². The highest BCUT2D eigenvalue weighted by atomic mass is 35.5. The molecule has 3 aromatic heterocycles. The van der Waals surface area contributed by atoms with Gasteiger partial charge in [0.1, 0.15) is 12.7 Å². The molecule has 1 N–H and O–H groups in total. The van der Waals surface area contributed by atoms with E-state index in [4.69, 9.17) is 21.1 Å². The molecule has 0 radical (unpaired) electrons. The van der Waals surface area contributed by atoms with E-state index in [2.05, 4.69) is 31.6 Å². The van der Waals surface area contributed by atoms with Crippen LogP contribution >= 0.6 is 23.4 Å². The number of ether oxygens (including phenoxy) is 2. The maximum Gasteiger partial charge on any atom is 0.172 e. The van der Waals surface area contributed by atoms with Gasteiger partial charge < -0.3 is 19.4 Å². The van der Waals surface area contributed by atoms with Crippen LogP contribution in [0.2, 0.25) is 5.02 Å². The number of nitriles is 1. The summed E-state index contributed by atoms with van der Waals surface area (Å²) < 4.78 is 13.7. The molecule has 41 heavy (non-hydrogen) atoms. The minimum absolute atomic E-state index is 0.379. The van der Waals surface area contributed by atoms with Crippen LogP contribution in [0, 0.1) is 11.3 Å². The Hall–Kier alpha value is -4.79. The van der Waals surface area contributed by atoms with Crippen LogP contribution < -0.4 is 14.8 Å². The number of anilines is 2. The van der Waals surface area contributed by atoms with Crippen LogP contribution in [0.3, 0.4) is 0 Å². The fourth-order valence-corrected chi connectivity index (χ4v) is 5.62. The topological polar surface area (TPSA) is 116 Å². The van der Waals surface area contributed by atoms with Crippen LogP contribution in [0.1, 0.15) is 5.56 Å². The molecule has 6 rings (SSSR count). The Bertz CT molecular complexity index is 1920. The number of aromatic nitrogens is 6. The number of pyridine rings is 1. The minimum atomic E-state index is 0.379. The van der Waals surface area contributed by atoms with Crippen molar-refractivity contribution in [2.24, 2.45) is 7.05 Å². The van der Waals surface area contributed by atoms with Crippen molar-refractivity contribution in [3.05, 3.63) is 84.0 Å². The molecule has 12 heteroatoms. The number of methoxy groups -OCH3 is 1. The average molecular weight is 583 g/mol. The van der Waals surface area contributed by atoms with E-state index >= 15 is 0 Å². The van der Waals surface area contributed by atoms with Crippen molar-refractivity contribution in [1.82, 2.24) is 29.5 Å². The standard InChI is InChI=1S/C29H23ClN8O2S/c1-37-12-11-32-29(37)41-25-8-3-19(15-23(25)30)36-26-18(16-31)17-33-27-20-6-7-24(40-14-13-38-34-9-10-35-38)28(39-2)21(20)4-5-22(26)27/h3-12,15,17H,13-14H2,1-2H3,(H,33,36). The first-order valence-electron chi connectivity index (χ1n) is 12.6. The lowest BCUT2D eigenvalue weighted by molar-refractivity contribution is 0.268. The molecule has 0 aliphatic carbocycles. The molecule has 0 aliphatic heterocycles. The SMILES string of the molecule is COc1c(OCCn2nccn2)ccc2c1ccc1c(Nc3ccc(Sc4nccn4C)c(Cl)c3)c(C#N)cnc12. The van der Waals surface area contributed by atoms with Crippen molar-refractivity contribution in [1.29, 1.82) is 5.26 Å². The molecular formula is C29H23ClN8O2S. The number of hydrogen-bond donors (Lipinski definition) is 1. The van der Waals surface area contributed by atoms with Crippen molar-refractivity contribution in [2.45, 2.75) is 16.6 Å². The van der Waals surface area contributed by atoms with Crippen LogP contribution in [0.15, 0.2) is 83.5 Å². The van der Waals surface area contributed by atoms with Gasteiger partial charge in [-0.3, -0.25) is 4.98 Å². The van der Waals surface area contributed by atoms with Crippen molar-refractivity contribution >= 4 is 56.4 Å². The summed E-state index contributed by atoms with van der Waals surface area (Å²) in [6, 6.07) is 15.7. The lowest BCUT2D eigenvalue weighted by Crippen LogP contribution is -2.11. The van der Waals surface area contributed by atoms with Crippen molar-refractivity contribution in [2.75, 3.05) is 19.0 Å². The highest BCUT2D eigenvalue weighted by molar-refractivity contribution is 7.99. The van der Waals surface area contributed by atoms with Gasteiger partial charge in [0, 0.05) is 52.4 Å². The summed E-state index contributed by atoms with van der Waals surface area (Å²) in [7, 11) is 3.55. The maximum absolute atomic E-state index is 9.89. The molecule has 0 atom stereocenters. The second kappa shape index (κ2) is 11.4. The van der Waals surface area contributed by atoms with Gasteiger partial charge in [-0.1, -0.05) is 23.4 Å². The van der Waals surface area contributed by atoms with E-state index in [1.165, 1.54) is 11.8 Å². The second-order valence-corrected chi connectivity index (χ2v) is 10.4. The first-order chi connectivity index (χ1) is 20.1. The number of imidazole rings is 1. The lowest BCUT2D eigenvalue weighted by atomic mass is 10.0. The zero-order valence-corrected chi connectivity index (χ0v) is 23.6. The van der Waals surface area contributed by atoms with Crippen LogP contribution in [0.5, 0.6) is 11.5 Å². The molecule has 204 valence electrons. The molecule has 0 aliphatic rings. The third-order valence-electron chi connectivity index (χ3n) is 6.47. The fraction of sp³-hybridized carbons (Fsp3) is 0.138. The van der Waals surface area contributed by atoms with Gasteiger partial charge in [0.2, 0.25) is 0 Å². The van der Waals surface area contributed by atoms with E-state index < -0.39 is 0 Å². The third-order valence-corrected chi connectivity index (χ3v) is 8.04. The zero-order valence-electron chi connectivity index (χ0n) is 22.1. The van der Waals surface area contributed by atoms with Crippen molar-refractivity contribution < 1.29 is 9.47 Å². The minimum Gasteiger partial charge on any atom is -0.492 e. The number of nitrogens with zero attached hydrogens (tertiary/aromatic N) is 7. The number of benzene rings is 3. The van der Waals surface area contributed by atoms with E-state index in [1.807, 2.05) is 60.3 Å². The predicted molar refractivity (Wildman–Crippen MR) is 158 cm³/mol. The molecular weight excluding hydrogens is 560 g/mol. The molecule has 3 heterocycles. The Morgan fingerprint density at radius 2 is 1.83 bits per heavy atom. The number of aryl methyl sites for hydroxylation is 1. The van der Waals surface area contributed by atoms with Crippen LogP contribution in [0.4, 0.5) is 11.4 Å². The third kappa shape index (κ3) is 5.23. The largest absolute Gasteiger partial charge is 0.492 e. The molecule has 0 unspecified atom stereocenters. The average Bonchev–Trinajstić information content (AvgIpc) is 3.65. The highest BCUT2D eigenvalue weighted by Gasteiger charge is 2.17. The summed E-state index contributed by atoms with van der Waals surface area (Å²) in [6.07, 6.45) is 8.46. The van der Waals surface area contributed by atoms with Crippen molar-refractivity contribution in [3.8, 4) is 17.6 Å². The zero-order chi connectivity index (χ0) is 28.3. The smallest absolute Gasteiger partial charge is 0.172 e. The Labute approximate surface area is 244 Å². The monoisotopic (exact) mass is 582 g/mol. The second-order valence-electron chi connectivity index (χ2n) is 8.98. The van der Waals surface area contributed by atoms with Gasteiger partial charge in [-0.05, 0) is 42.5 Å². The Morgan fingerprint density at radius 1 is 1.02 bits per heavy atom. The lowest BCUT2D eigenvalue weighted by Gasteiger charge is -2.16. The molecule has 0 amide bonds. The Kier molecular flexibility index (Phi) is 7.33. The van der Waals surface area contributed by atoms with E-state index in [0.717, 1.165) is 37.4 Å². The van der Waals surface area contributed by atoms with E-state index in [9.17, 15) is 5.26 Å². The van der Waals surface area contributed by atoms with Crippen LogP contribution in [-0.4, -0.2) is 43.2 Å². The molecule has 10 nitrogen and oxygen atoms in total. The van der Waals surface area contributed by atoms with Gasteiger partial charge in [-0.2, -0.15) is 20.3 Å². The van der Waals surface area contributed by atoms with Gasteiger partial charge in [0.05, 0.1) is 47.8 Å². The quantitative estimate of drug-likeness (QED) is 0.198. The first-order valence-corrected chi connectivity index (χ1v) is 13.8. The normalized spacial score (nSPS) is 11.1. The number of hydrogen-bond acceptors (Lipinski definition) is 9. The van der Waals surface area contributed by atoms with Gasteiger partial charge in [-0.15, -0.1) is 0 Å². The summed E-state index contributed by atoms with van der Waals surface area (Å²) in [6.45, 7) is 0.885. The number of nitrogens with one attached hydrogen (secondary N) is 1. The van der Waals surface area contributed by atoms with Gasteiger partial charge in [0.25, 0.3) is 0 Å². The molecule has 6 aromatic rings. The number of halogens is 1. The van der Waals surface area contributed by atoms with E-state index in [1.54, 1.807) is 36.7 Å². The number of rotatable bonds is 9. The molecule has 0 saturated carbocycles. The number of fused-ring (bicyclic) bond motifs is 3. The molecule has 0 saturated heterocycles. The van der Waals surface area contributed by atoms with Crippen LogP contribution in [0.25, 0.3) is 21.7 Å². The van der Waals surface area contributed by atoms with Crippen LogP contribution in [-0.2, 0) is 13.6 Å². The fourth-order valence-electron chi connectivity index (χ4n) is 4.52. The first kappa shape index (κ1) is 26.4.